The molecule has 2 heterocycles. The van der Waals surface area contributed by atoms with Gasteiger partial charge in [0.05, 0.1) is 12.1 Å². The van der Waals surface area contributed by atoms with Crippen LogP contribution in [0.4, 0.5) is 10.6 Å². The molecule has 2 aromatic heterocycles. The summed E-state index contributed by atoms with van der Waals surface area (Å²) in [5.41, 5.74) is 2.55. The van der Waals surface area contributed by atoms with Crippen LogP contribution in [0.3, 0.4) is 0 Å². The summed E-state index contributed by atoms with van der Waals surface area (Å²) in [4.78, 5) is 18.3. The predicted octanol–water partition coefficient (Wildman–Crippen LogP) is 6.02. The molecule has 0 saturated heterocycles. The molecule has 6 nitrogen and oxygen atoms in total. The van der Waals surface area contributed by atoms with E-state index in [9.17, 15) is 4.79 Å². The zero-order chi connectivity index (χ0) is 23.4. The van der Waals surface area contributed by atoms with Gasteiger partial charge in [0.1, 0.15) is 17.2 Å². The molecule has 0 unspecified atom stereocenters. The third-order valence-electron chi connectivity index (χ3n) is 5.13. The van der Waals surface area contributed by atoms with Gasteiger partial charge in [0.2, 0.25) is 0 Å². The molecule has 170 valence electrons. The number of benzene rings is 2. The molecule has 0 spiro atoms. The first-order valence-electron chi connectivity index (χ1n) is 11.0. The zero-order valence-electron chi connectivity index (χ0n) is 19.5. The molecule has 33 heavy (non-hydrogen) atoms. The first-order valence-corrected chi connectivity index (χ1v) is 11.0. The Kier molecular flexibility index (Phi) is 6.36. The smallest absolute Gasteiger partial charge is 0.415 e. The number of carbonyl (C=O) groups excluding carboxylic acids is 1. The number of anilines is 1. The highest BCUT2D eigenvalue weighted by molar-refractivity contribution is 5.86. The molecule has 0 aliphatic rings. The fourth-order valence-electron chi connectivity index (χ4n) is 3.51. The summed E-state index contributed by atoms with van der Waals surface area (Å²) < 4.78 is 13.6. The molecule has 2 aromatic carbocycles. The van der Waals surface area contributed by atoms with E-state index in [1.54, 1.807) is 13.1 Å². The Morgan fingerprint density at radius 1 is 1.00 bits per heavy atom. The molecular formula is C27H29N3O3. The second-order valence-corrected chi connectivity index (χ2v) is 8.87. The lowest BCUT2D eigenvalue weighted by Crippen LogP contribution is -2.34. The van der Waals surface area contributed by atoms with Gasteiger partial charge in [-0.1, -0.05) is 24.3 Å². The fourth-order valence-corrected chi connectivity index (χ4v) is 3.51. The van der Waals surface area contributed by atoms with Crippen molar-refractivity contribution in [2.45, 2.75) is 32.8 Å². The number of rotatable bonds is 6. The van der Waals surface area contributed by atoms with Gasteiger partial charge in [-0.2, -0.15) is 0 Å². The number of carbonyl (C=O) groups is 1. The van der Waals surface area contributed by atoms with Crippen molar-refractivity contribution in [3.05, 3.63) is 84.7 Å². The Bertz CT molecular complexity index is 1240. The number of aromatic nitrogens is 2. The average Bonchev–Trinajstić information content (AvgIpc) is 3.21. The van der Waals surface area contributed by atoms with Gasteiger partial charge in [0, 0.05) is 36.4 Å². The maximum Gasteiger partial charge on any atom is 0.415 e. The van der Waals surface area contributed by atoms with Crippen LogP contribution in [0.25, 0.3) is 16.6 Å². The van der Waals surface area contributed by atoms with Crippen LogP contribution < -0.4 is 9.64 Å². The largest absolute Gasteiger partial charge is 0.493 e. The standard InChI is InChI=1S/C27H29N3O3/c1-27(2,3)33-26(31)29(4)25-12-8-9-21(28-25)16-18-32-23-13-14-24-20(19-23)15-17-30(24)22-10-6-5-7-11-22/h5-15,17,19H,16,18H2,1-4H3. The van der Waals surface area contributed by atoms with Gasteiger partial charge in [-0.15, -0.1) is 0 Å². The topological polar surface area (TPSA) is 56.6 Å². The van der Waals surface area contributed by atoms with E-state index in [0.29, 0.717) is 18.8 Å². The molecule has 1 amide bonds. The Labute approximate surface area is 194 Å². The summed E-state index contributed by atoms with van der Waals surface area (Å²) >= 11 is 0. The van der Waals surface area contributed by atoms with Crippen LogP contribution in [-0.2, 0) is 11.2 Å². The van der Waals surface area contributed by atoms with Gasteiger partial charge in [-0.3, -0.25) is 4.90 Å². The lowest BCUT2D eigenvalue weighted by molar-refractivity contribution is 0.0588. The minimum atomic E-state index is -0.556. The van der Waals surface area contributed by atoms with Crippen molar-refractivity contribution in [3.8, 4) is 11.4 Å². The normalized spacial score (nSPS) is 11.4. The fraction of sp³-hybridized carbons (Fsp3) is 0.259. The van der Waals surface area contributed by atoms with Crippen molar-refractivity contribution < 1.29 is 14.3 Å². The van der Waals surface area contributed by atoms with E-state index in [0.717, 1.165) is 28.0 Å². The summed E-state index contributed by atoms with van der Waals surface area (Å²) in [5, 5.41) is 1.12. The van der Waals surface area contributed by atoms with Crippen molar-refractivity contribution in [2.24, 2.45) is 0 Å². The Hall–Kier alpha value is -3.80. The zero-order valence-corrected chi connectivity index (χ0v) is 19.5. The first-order chi connectivity index (χ1) is 15.8. The second-order valence-electron chi connectivity index (χ2n) is 8.87. The van der Waals surface area contributed by atoms with Crippen molar-refractivity contribution in [1.29, 1.82) is 0 Å². The van der Waals surface area contributed by atoms with E-state index in [2.05, 4.69) is 46.1 Å². The van der Waals surface area contributed by atoms with Crippen LogP contribution in [0.2, 0.25) is 0 Å². The molecule has 0 fully saturated rings. The number of hydrogen-bond acceptors (Lipinski definition) is 4. The maximum absolute atomic E-state index is 12.3. The van der Waals surface area contributed by atoms with E-state index in [-0.39, 0.29) is 0 Å². The Morgan fingerprint density at radius 3 is 2.55 bits per heavy atom. The molecule has 0 atom stereocenters. The molecule has 0 radical (unpaired) electrons. The van der Waals surface area contributed by atoms with E-state index >= 15 is 0 Å². The number of para-hydroxylation sites is 1. The summed E-state index contributed by atoms with van der Waals surface area (Å²) in [6, 6.07) is 24.1. The third kappa shape index (κ3) is 5.52. The van der Waals surface area contributed by atoms with Crippen LogP contribution in [0.5, 0.6) is 5.75 Å². The molecule has 4 rings (SSSR count). The van der Waals surface area contributed by atoms with Crippen molar-refractivity contribution in [3.63, 3.8) is 0 Å². The molecule has 0 saturated carbocycles. The van der Waals surface area contributed by atoms with Crippen LogP contribution in [0.15, 0.2) is 79.0 Å². The summed E-state index contributed by atoms with van der Waals surface area (Å²) in [6.45, 7) is 6.01. The van der Waals surface area contributed by atoms with Crippen molar-refractivity contribution >= 4 is 22.8 Å². The Balaban J connectivity index is 1.38. The van der Waals surface area contributed by atoms with E-state index < -0.39 is 11.7 Å². The van der Waals surface area contributed by atoms with Gasteiger partial charge in [0.25, 0.3) is 0 Å². The van der Waals surface area contributed by atoms with Crippen LogP contribution in [0.1, 0.15) is 26.5 Å². The molecule has 0 aliphatic heterocycles. The van der Waals surface area contributed by atoms with Gasteiger partial charge >= 0.3 is 6.09 Å². The highest BCUT2D eigenvalue weighted by Gasteiger charge is 2.21. The average molecular weight is 444 g/mol. The number of pyridine rings is 1. The third-order valence-corrected chi connectivity index (χ3v) is 5.13. The number of amides is 1. The lowest BCUT2D eigenvalue weighted by atomic mass is 10.2. The van der Waals surface area contributed by atoms with Crippen molar-refractivity contribution in [1.82, 2.24) is 9.55 Å². The predicted molar refractivity (Wildman–Crippen MR) is 131 cm³/mol. The molecule has 4 aromatic rings. The quantitative estimate of drug-likeness (QED) is 0.366. The van der Waals surface area contributed by atoms with Gasteiger partial charge in [0.15, 0.2) is 0 Å². The summed E-state index contributed by atoms with van der Waals surface area (Å²) in [5.74, 6) is 1.36. The highest BCUT2D eigenvalue weighted by Crippen LogP contribution is 2.25. The van der Waals surface area contributed by atoms with Crippen molar-refractivity contribution in [2.75, 3.05) is 18.6 Å². The molecule has 0 aliphatic carbocycles. The number of ether oxygens (including phenoxy) is 2. The van der Waals surface area contributed by atoms with Crippen LogP contribution in [0, 0.1) is 0 Å². The lowest BCUT2D eigenvalue weighted by Gasteiger charge is -2.24. The van der Waals surface area contributed by atoms with Gasteiger partial charge in [-0.25, -0.2) is 9.78 Å². The molecular weight excluding hydrogens is 414 g/mol. The number of fused-ring (bicyclic) bond motifs is 1. The van der Waals surface area contributed by atoms with Crippen LogP contribution in [-0.4, -0.2) is 34.9 Å². The summed E-state index contributed by atoms with van der Waals surface area (Å²) in [7, 11) is 1.66. The molecule has 6 heteroatoms. The van der Waals surface area contributed by atoms with E-state index in [1.165, 1.54) is 4.90 Å². The van der Waals surface area contributed by atoms with Gasteiger partial charge in [-0.05, 0) is 69.3 Å². The Morgan fingerprint density at radius 2 is 1.79 bits per heavy atom. The first kappa shape index (κ1) is 22.4. The molecule has 0 N–H and O–H groups in total. The number of hydrogen-bond donors (Lipinski definition) is 0. The minimum absolute atomic E-state index is 0.431. The van der Waals surface area contributed by atoms with E-state index in [4.69, 9.17) is 9.47 Å². The number of nitrogens with zero attached hydrogens (tertiary/aromatic N) is 3. The van der Waals surface area contributed by atoms with Crippen LogP contribution >= 0.6 is 0 Å². The monoisotopic (exact) mass is 443 g/mol. The van der Waals surface area contributed by atoms with E-state index in [1.807, 2.05) is 57.2 Å². The maximum atomic E-state index is 12.3. The summed E-state index contributed by atoms with van der Waals surface area (Å²) in [6.07, 6.45) is 2.26. The minimum Gasteiger partial charge on any atom is -0.493 e. The molecule has 0 bridgehead atoms. The SMILES string of the molecule is CN(C(=O)OC(C)(C)C)c1cccc(CCOc2ccc3c(ccn3-c3ccccc3)c2)n1. The highest BCUT2D eigenvalue weighted by atomic mass is 16.6. The second kappa shape index (κ2) is 9.36. The van der Waals surface area contributed by atoms with Gasteiger partial charge < -0.3 is 14.0 Å².